The minimum absolute atomic E-state index is 0.0845. The maximum atomic E-state index is 10.6. The fourth-order valence-corrected chi connectivity index (χ4v) is 2.80. The summed E-state index contributed by atoms with van der Waals surface area (Å²) >= 11 is 0. The van der Waals surface area contributed by atoms with Crippen molar-refractivity contribution in [1.82, 2.24) is 9.97 Å². The van der Waals surface area contributed by atoms with Crippen molar-refractivity contribution < 1.29 is 9.84 Å². The first-order chi connectivity index (χ1) is 10.0. The summed E-state index contributed by atoms with van der Waals surface area (Å²) in [6, 6.07) is 1.78. The van der Waals surface area contributed by atoms with Crippen LogP contribution in [0.4, 0.5) is 5.82 Å². The number of hydrogen-bond donors (Lipinski definition) is 2. The summed E-state index contributed by atoms with van der Waals surface area (Å²) in [7, 11) is 0. The topological polar surface area (TPSA) is 67.3 Å². The number of aliphatic hydroxyl groups is 1. The van der Waals surface area contributed by atoms with Gasteiger partial charge in [0.05, 0.1) is 11.7 Å². The molecule has 2 rings (SSSR count). The average molecular weight is 293 g/mol. The molecule has 0 atom stereocenters. The van der Waals surface area contributed by atoms with Crippen LogP contribution in [-0.2, 0) is 0 Å². The molecule has 21 heavy (non-hydrogen) atoms. The first kappa shape index (κ1) is 16.0. The Bertz CT molecular complexity index is 443. The number of aromatic nitrogens is 2. The van der Waals surface area contributed by atoms with Gasteiger partial charge < -0.3 is 15.2 Å². The molecule has 0 radical (unpaired) electrons. The van der Waals surface area contributed by atoms with E-state index < -0.39 is 5.60 Å². The van der Waals surface area contributed by atoms with Crippen LogP contribution in [0.1, 0.15) is 52.9 Å². The molecule has 0 spiro atoms. The molecule has 0 unspecified atom stereocenters. The first-order valence-electron chi connectivity index (χ1n) is 7.96. The van der Waals surface area contributed by atoms with Gasteiger partial charge in [-0.25, -0.2) is 9.97 Å². The quantitative estimate of drug-likeness (QED) is 0.844. The maximum absolute atomic E-state index is 10.6. The Labute approximate surface area is 127 Å². The zero-order valence-electron chi connectivity index (χ0n) is 13.3. The SMILES string of the molecule is CCC1CCC(O)(CNc2cc(OC(C)C)ncn2)CC1. The van der Waals surface area contributed by atoms with Gasteiger partial charge in [0.25, 0.3) is 0 Å². The third-order valence-corrected chi connectivity index (χ3v) is 4.21. The molecule has 5 heteroatoms. The van der Waals surface area contributed by atoms with Crippen molar-refractivity contribution in [2.45, 2.75) is 64.6 Å². The van der Waals surface area contributed by atoms with Crippen LogP contribution in [0.5, 0.6) is 5.88 Å². The molecule has 118 valence electrons. The van der Waals surface area contributed by atoms with E-state index >= 15 is 0 Å². The lowest BCUT2D eigenvalue weighted by Crippen LogP contribution is -2.40. The van der Waals surface area contributed by atoms with Crippen LogP contribution in [0.15, 0.2) is 12.4 Å². The standard InChI is InChI=1S/C16H27N3O2/c1-4-13-5-7-16(20,8-6-13)10-17-14-9-15(19-11-18-14)21-12(2)3/h9,11-13,20H,4-8,10H2,1-3H3,(H,17,18,19). The summed E-state index contributed by atoms with van der Waals surface area (Å²) < 4.78 is 5.55. The summed E-state index contributed by atoms with van der Waals surface area (Å²) in [6.45, 7) is 6.68. The number of hydrogen-bond acceptors (Lipinski definition) is 5. The smallest absolute Gasteiger partial charge is 0.218 e. The Morgan fingerprint density at radius 1 is 1.38 bits per heavy atom. The Kier molecular flexibility index (Phi) is 5.39. The van der Waals surface area contributed by atoms with Gasteiger partial charge in [0.1, 0.15) is 12.1 Å². The predicted octanol–water partition coefficient (Wildman–Crippen LogP) is 3.01. The second kappa shape index (κ2) is 7.07. The van der Waals surface area contributed by atoms with E-state index in [0.717, 1.165) is 31.6 Å². The predicted molar refractivity (Wildman–Crippen MR) is 83.5 cm³/mol. The van der Waals surface area contributed by atoms with Crippen molar-refractivity contribution in [2.75, 3.05) is 11.9 Å². The molecule has 0 aromatic carbocycles. The van der Waals surface area contributed by atoms with Crippen molar-refractivity contribution in [3.05, 3.63) is 12.4 Å². The van der Waals surface area contributed by atoms with E-state index in [2.05, 4.69) is 22.2 Å². The molecule has 5 nitrogen and oxygen atoms in total. The first-order valence-corrected chi connectivity index (χ1v) is 7.96. The van der Waals surface area contributed by atoms with E-state index in [1.165, 1.54) is 12.7 Å². The van der Waals surface area contributed by atoms with Crippen LogP contribution in [0.3, 0.4) is 0 Å². The second-order valence-electron chi connectivity index (χ2n) is 6.34. The molecule has 1 aromatic heterocycles. The molecule has 1 fully saturated rings. The van der Waals surface area contributed by atoms with E-state index in [-0.39, 0.29) is 6.10 Å². The number of ether oxygens (including phenoxy) is 1. The summed E-state index contributed by atoms with van der Waals surface area (Å²) in [4.78, 5) is 8.26. The number of anilines is 1. The van der Waals surface area contributed by atoms with E-state index in [9.17, 15) is 5.11 Å². The molecule has 0 amide bonds. The normalized spacial score (nSPS) is 25.9. The Balaban J connectivity index is 1.88. The summed E-state index contributed by atoms with van der Waals surface area (Å²) in [5, 5.41) is 13.8. The molecule has 0 bridgehead atoms. The highest BCUT2D eigenvalue weighted by molar-refractivity contribution is 5.37. The van der Waals surface area contributed by atoms with Gasteiger partial charge in [-0.3, -0.25) is 0 Å². The van der Waals surface area contributed by atoms with E-state index in [1.54, 1.807) is 6.07 Å². The molecular formula is C16H27N3O2. The highest BCUT2D eigenvalue weighted by Crippen LogP contribution is 2.33. The zero-order chi connectivity index (χ0) is 15.3. The monoisotopic (exact) mass is 293 g/mol. The fourth-order valence-electron chi connectivity index (χ4n) is 2.80. The molecule has 1 saturated carbocycles. The molecule has 1 aromatic rings. The van der Waals surface area contributed by atoms with Crippen molar-refractivity contribution in [3.63, 3.8) is 0 Å². The molecule has 1 aliphatic carbocycles. The van der Waals surface area contributed by atoms with Crippen molar-refractivity contribution in [2.24, 2.45) is 5.92 Å². The molecule has 1 heterocycles. The lowest BCUT2D eigenvalue weighted by atomic mass is 9.78. The lowest BCUT2D eigenvalue weighted by molar-refractivity contribution is 0.00222. The number of nitrogens with one attached hydrogen (secondary N) is 1. The van der Waals surface area contributed by atoms with Crippen LogP contribution in [0.2, 0.25) is 0 Å². The second-order valence-corrected chi connectivity index (χ2v) is 6.34. The molecule has 0 saturated heterocycles. The van der Waals surface area contributed by atoms with Crippen LogP contribution < -0.4 is 10.1 Å². The Morgan fingerprint density at radius 3 is 2.71 bits per heavy atom. The number of rotatable bonds is 6. The minimum Gasteiger partial charge on any atom is -0.475 e. The van der Waals surface area contributed by atoms with Crippen LogP contribution in [0, 0.1) is 5.92 Å². The van der Waals surface area contributed by atoms with Gasteiger partial charge in [-0.1, -0.05) is 13.3 Å². The van der Waals surface area contributed by atoms with E-state index in [4.69, 9.17) is 4.74 Å². The largest absolute Gasteiger partial charge is 0.475 e. The van der Waals surface area contributed by atoms with Gasteiger partial charge in [0, 0.05) is 12.6 Å². The van der Waals surface area contributed by atoms with E-state index in [0.29, 0.717) is 18.2 Å². The minimum atomic E-state index is -0.615. The van der Waals surface area contributed by atoms with Gasteiger partial charge in [-0.15, -0.1) is 0 Å². The van der Waals surface area contributed by atoms with Crippen molar-refractivity contribution in [3.8, 4) is 5.88 Å². The van der Waals surface area contributed by atoms with Gasteiger partial charge in [0.2, 0.25) is 5.88 Å². The summed E-state index contributed by atoms with van der Waals surface area (Å²) in [6.07, 6.45) is 6.72. The molecule has 1 aliphatic rings. The Hall–Kier alpha value is -1.36. The van der Waals surface area contributed by atoms with Crippen LogP contribution in [0.25, 0.3) is 0 Å². The van der Waals surface area contributed by atoms with Crippen molar-refractivity contribution >= 4 is 5.82 Å². The molecule has 0 aliphatic heterocycles. The summed E-state index contributed by atoms with van der Waals surface area (Å²) in [5.74, 6) is 2.03. The maximum Gasteiger partial charge on any atom is 0.218 e. The third-order valence-electron chi connectivity index (χ3n) is 4.21. The van der Waals surface area contributed by atoms with Gasteiger partial charge in [0.15, 0.2) is 0 Å². The number of nitrogens with zero attached hydrogens (tertiary/aromatic N) is 2. The highest BCUT2D eigenvalue weighted by atomic mass is 16.5. The molecule has 2 N–H and O–H groups in total. The molecular weight excluding hydrogens is 266 g/mol. The van der Waals surface area contributed by atoms with Gasteiger partial charge in [-0.2, -0.15) is 0 Å². The average Bonchev–Trinajstić information content (AvgIpc) is 2.46. The summed E-state index contributed by atoms with van der Waals surface area (Å²) in [5.41, 5.74) is -0.615. The lowest BCUT2D eigenvalue weighted by Gasteiger charge is -2.36. The van der Waals surface area contributed by atoms with Gasteiger partial charge >= 0.3 is 0 Å². The zero-order valence-corrected chi connectivity index (χ0v) is 13.3. The van der Waals surface area contributed by atoms with Gasteiger partial charge in [-0.05, 0) is 45.4 Å². The van der Waals surface area contributed by atoms with Crippen molar-refractivity contribution in [1.29, 1.82) is 0 Å². The third kappa shape index (κ3) is 4.84. The Morgan fingerprint density at radius 2 is 2.10 bits per heavy atom. The van der Waals surface area contributed by atoms with Crippen LogP contribution in [-0.4, -0.2) is 33.3 Å². The van der Waals surface area contributed by atoms with Crippen LogP contribution >= 0.6 is 0 Å². The fraction of sp³-hybridized carbons (Fsp3) is 0.750. The highest BCUT2D eigenvalue weighted by Gasteiger charge is 2.32. The van der Waals surface area contributed by atoms with E-state index in [1.807, 2.05) is 13.8 Å².